The zero-order valence-corrected chi connectivity index (χ0v) is 15.5. The first-order chi connectivity index (χ1) is 12.1. The summed E-state index contributed by atoms with van der Waals surface area (Å²) in [6.07, 6.45) is 0. The molecule has 0 saturated heterocycles. The zero-order valence-electron chi connectivity index (χ0n) is 13.2. The Bertz CT molecular complexity index is 818. The smallest absolute Gasteiger partial charge is 0.246 e. The van der Waals surface area contributed by atoms with Gasteiger partial charge in [0.15, 0.2) is 0 Å². The molecule has 3 nitrogen and oxygen atoms in total. The van der Waals surface area contributed by atoms with Crippen LogP contribution in [0.15, 0.2) is 66.0 Å². The van der Waals surface area contributed by atoms with Gasteiger partial charge in [0.05, 0.1) is 0 Å². The van der Waals surface area contributed by atoms with Crippen molar-refractivity contribution in [2.24, 2.45) is 0 Å². The van der Waals surface area contributed by atoms with Gasteiger partial charge in [0.25, 0.3) is 0 Å². The standard InChI is InChI=1S/C19H16Cl2N2OS/c20-14-9-15(21)11-16(10-14)23-19(24)18(13-5-2-1-3-6-13)22-12-17-7-4-8-25-17/h1-11,18,22H,12H2,(H,23,24)/t18-/m1/s1. The lowest BCUT2D eigenvalue weighted by Gasteiger charge is -2.19. The fraction of sp³-hybridized carbons (Fsp3) is 0.105. The Kier molecular flexibility index (Phi) is 6.10. The van der Waals surface area contributed by atoms with Crippen LogP contribution in [-0.4, -0.2) is 5.91 Å². The van der Waals surface area contributed by atoms with E-state index in [4.69, 9.17) is 23.2 Å². The van der Waals surface area contributed by atoms with Crippen molar-refractivity contribution in [1.82, 2.24) is 5.32 Å². The molecule has 0 aliphatic rings. The maximum absolute atomic E-state index is 12.8. The van der Waals surface area contributed by atoms with Crippen LogP contribution in [0.3, 0.4) is 0 Å². The predicted octanol–water partition coefficient (Wildman–Crippen LogP) is 5.52. The summed E-state index contributed by atoms with van der Waals surface area (Å²) in [4.78, 5) is 14.0. The van der Waals surface area contributed by atoms with Crippen molar-refractivity contribution in [3.63, 3.8) is 0 Å². The van der Waals surface area contributed by atoms with Crippen molar-refractivity contribution in [1.29, 1.82) is 0 Å². The van der Waals surface area contributed by atoms with Gasteiger partial charge in [-0.2, -0.15) is 0 Å². The number of carbonyl (C=O) groups is 1. The van der Waals surface area contributed by atoms with E-state index in [0.717, 1.165) is 5.56 Å². The van der Waals surface area contributed by atoms with Crippen LogP contribution in [0.5, 0.6) is 0 Å². The SMILES string of the molecule is O=C(Nc1cc(Cl)cc(Cl)c1)[C@H](NCc1cccs1)c1ccccc1. The van der Waals surface area contributed by atoms with Crippen LogP contribution in [0.4, 0.5) is 5.69 Å². The van der Waals surface area contributed by atoms with Crippen LogP contribution in [0.2, 0.25) is 10.0 Å². The van der Waals surface area contributed by atoms with Crippen molar-refractivity contribution >= 4 is 46.1 Å². The fourth-order valence-corrected chi connectivity index (χ4v) is 3.65. The van der Waals surface area contributed by atoms with Crippen LogP contribution < -0.4 is 10.6 Å². The molecule has 1 atom stereocenters. The first kappa shape index (κ1) is 18.0. The molecule has 2 aromatic carbocycles. The molecule has 6 heteroatoms. The Hall–Kier alpha value is -1.85. The average molecular weight is 391 g/mol. The van der Waals surface area contributed by atoms with Gasteiger partial charge < -0.3 is 5.32 Å². The maximum atomic E-state index is 12.8. The molecule has 0 aliphatic heterocycles. The molecular formula is C19H16Cl2N2OS. The van der Waals surface area contributed by atoms with Crippen molar-refractivity contribution in [3.8, 4) is 0 Å². The molecule has 0 saturated carbocycles. The van der Waals surface area contributed by atoms with Gasteiger partial charge in [-0.1, -0.05) is 59.6 Å². The highest BCUT2D eigenvalue weighted by Gasteiger charge is 2.20. The van der Waals surface area contributed by atoms with E-state index in [1.165, 1.54) is 4.88 Å². The molecule has 128 valence electrons. The second-order valence-electron chi connectivity index (χ2n) is 5.45. The minimum absolute atomic E-state index is 0.166. The Morgan fingerprint density at radius 1 is 1.00 bits per heavy atom. The number of hydrogen-bond acceptors (Lipinski definition) is 3. The highest BCUT2D eigenvalue weighted by molar-refractivity contribution is 7.09. The van der Waals surface area contributed by atoms with E-state index in [0.29, 0.717) is 22.3 Å². The largest absolute Gasteiger partial charge is 0.324 e. The third kappa shape index (κ3) is 5.06. The van der Waals surface area contributed by atoms with Crippen LogP contribution in [0.1, 0.15) is 16.5 Å². The van der Waals surface area contributed by atoms with Gasteiger partial charge in [-0.15, -0.1) is 11.3 Å². The molecule has 0 radical (unpaired) electrons. The molecular weight excluding hydrogens is 375 g/mol. The van der Waals surface area contributed by atoms with E-state index in [9.17, 15) is 4.79 Å². The van der Waals surface area contributed by atoms with Gasteiger partial charge in [-0.05, 0) is 35.2 Å². The third-order valence-electron chi connectivity index (χ3n) is 3.59. The quantitative estimate of drug-likeness (QED) is 0.581. The first-order valence-electron chi connectivity index (χ1n) is 7.69. The Labute approximate surface area is 160 Å². The summed E-state index contributed by atoms with van der Waals surface area (Å²) in [5.74, 6) is -0.166. The van der Waals surface area contributed by atoms with E-state index >= 15 is 0 Å². The van der Waals surface area contributed by atoms with Gasteiger partial charge in [0, 0.05) is 27.2 Å². The lowest BCUT2D eigenvalue weighted by atomic mass is 10.1. The monoisotopic (exact) mass is 390 g/mol. The molecule has 1 amide bonds. The van der Waals surface area contributed by atoms with Crippen LogP contribution in [0.25, 0.3) is 0 Å². The number of benzene rings is 2. The molecule has 1 heterocycles. The second kappa shape index (κ2) is 8.50. The van der Waals surface area contributed by atoms with Gasteiger partial charge in [0.1, 0.15) is 6.04 Å². The topological polar surface area (TPSA) is 41.1 Å². The molecule has 0 spiro atoms. The van der Waals surface area contributed by atoms with Crippen molar-refractivity contribution in [2.75, 3.05) is 5.32 Å². The minimum atomic E-state index is -0.485. The number of amides is 1. The summed E-state index contributed by atoms with van der Waals surface area (Å²) < 4.78 is 0. The van der Waals surface area contributed by atoms with Gasteiger partial charge >= 0.3 is 0 Å². The van der Waals surface area contributed by atoms with E-state index < -0.39 is 6.04 Å². The highest BCUT2D eigenvalue weighted by Crippen LogP contribution is 2.24. The molecule has 2 N–H and O–H groups in total. The summed E-state index contributed by atoms with van der Waals surface area (Å²) >= 11 is 13.7. The van der Waals surface area contributed by atoms with Gasteiger partial charge in [-0.3, -0.25) is 10.1 Å². The average Bonchev–Trinajstić information content (AvgIpc) is 3.08. The van der Waals surface area contributed by atoms with E-state index in [1.54, 1.807) is 29.5 Å². The van der Waals surface area contributed by atoms with Crippen LogP contribution in [0, 0.1) is 0 Å². The number of anilines is 1. The number of carbonyl (C=O) groups excluding carboxylic acids is 1. The molecule has 1 aromatic heterocycles. The maximum Gasteiger partial charge on any atom is 0.246 e. The summed E-state index contributed by atoms with van der Waals surface area (Å²) in [6.45, 7) is 0.612. The van der Waals surface area contributed by atoms with Crippen molar-refractivity contribution in [2.45, 2.75) is 12.6 Å². The molecule has 0 fully saturated rings. The molecule has 3 aromatic rings. The van der Waals surface area contributed by atoms with Crippen molar-refractivity contribution in [3.05, 3.63) is 86.5 Å². The lowest BCUT2D eigenvalue weighted by Crippen LogP contribution is -2.32. The summed E-state index contributed by atoms with van der Waals surface area (Å²) in [7, 11) is 0. The van der Waals surface area contributed by atoms with E-state index in [2.05, 4.69) is 10.6 Å². The molecule has 3 rings (SSSR count). The second-order valence-corrected chi connectivity index (χ2v) is 7.36. The van der Waals surface area contributed by atoms with E-state index in [-0.39, 0.29) is 5.91 Å². The Morgan fingerprint density at radius 3 is 2.36 bits per heavy atom. The van der Waals surface area contributed by atoms with Gasteiger partial charge in [0.2, 0.25) is 5.91 Å². The number of rotatable bonds is 6. The van der Waals surface area contributed by atoms with Crippen molar-refractivity contribution < 1.29 is 4.79 Å². The summed E-state index contributed by atoms with van der Waals surface area (Å²) in [5, 5.41) is 9.18. The Balaban J connectivity index is 1.78. The molecule has 0 bridgehead atoms. The fourth-order valence-electron chi connectivity index (χ4n) is 2.46. The molecule has 0 unspecified atom stereocenters. The number of thiophene rings is 1. The third-order valence-corrected chi connectivity index (χ3v) is 4.90. The van der Waals surface area contributed by atoms with Crippen LogP contribution in [-0.2, 0) is 11.3 Å². The normalized spacial score (nSPS) is 11.9. The number of hydrogen-bond donors (Lipinski definition) is 2. The summed E-state index contributed by atoms with van der Waals surface area (Å²) in [5.41, 5.74) is 1.46. The lowest BCUT2D eigenvalue weighted by molar-refractivity contribution is -0.118. The first-order valence-corrected chi connectivity index (χ1v) is 9.33. The molecule has 0 aliphatic carbocycles. The van der Waals surface area contributed by atoms with E-state index in [1.807, 2.05) is 47.8 Å². The predicted molar refractivity (Wildman–Crippen MR) is 105 cm³/mol. The zero-order chi connectivity index (χ0) is 17.6. The highest BCUT2D eigenvalue weighted by atomic mass is 35.5. The Morgan fingerprint density at radius 2 is 1.72 bits per heavy atom. The minimum Gasteiger partial charge on any atom is -0.324 e. The number of halogens is 2. The van der Waals surface area contributed by atoms with Crippen LogP contribution >= 0.6 is 34.5 Å². The molecule has 25 heavy (non-hydrogen) atoms. The van der Waals surface area contributed by atoms with Gasteiger partial charge in [-0.25, -0.2) is 0 Å². The summed E-state index contributed by atoms with van der Waals surface area (Å²) in [6, 6.07) is 18.1. The number of nitrogens with one attached hydrogen (secondary N) is 2.